The normalized spacial score (nSPS) is 13.4. The van der Waals surface area contributed by atoms with Crippen molar-refractivity contribution in [1.29, 1.82) is 0 Å². The van der Waals surface area contributed by atoms with Gasteiger partial charge in [0.05, 0.1) is 18.8 Å². The molecule has 1 N–H and O–H groups in total. The molecule has 7 nitrogen and oxygen atoms in total. The predicted octanol–water partition coefficient (Wildman–Crippen LogP) is 3.03. The number of thiophene rings is 1. The topological polar surface area (TPSA) is 84.9 Å². The quantitative estimate of drug-likeness (QED) is 0.537. The average Bonchev–Trinajstić information content (AvgIpc) is 3.10. The minimum atomic E-state index is -0.969. The lowest BCUT2D eigenvalue weighted by Crippen LogP contribution is -2.32. The number of hydrogen-bond acceptors (Lipinski definition) is 7. The van der Waals surface area contributed by atoms with Gasteiger partial charge >= 0.3 is 17.8 Å². The first kappa shape index (κ1) is 22.0. The third kappa shape index (κ3) is 5.25. The molecule has 1 aromatic heterocycles. The summed E-state index contributed by atoms with van der Waals surface area (Å²) >= 11 is 1.32. The second-order valence-corrected chi connectivity index (χ2v) is 7.97. The molecule has 0 spiro atoms. The lowest BCUT2D eigenvalue weighted by molar-refractivity contribution is -0.152. The van der Waals surface area contributed by atoms with Crippen molar-refractivity contribution in [3.8, 4) is 0 Å². The maximum Gasteiger partial charge on any atom is 0.397 e. The fraction of sp³-hybridized carbons (Fsp3) is 0.409. The van der Waals surface area contributed by atoms with Gasteiger partial charge in [-0.05, 0) is 37.8 Å². The van der Waals surface area contributed by atoms with Crippen LogP contribution in [0.5, 0.6) is 0 Å². The Kier molecular flexibility index (Phi) is 7.59. The van der Waals surface area contributed by atoms with E-state index >= 15 is 0 Å². The van der Waals surface area contributed by atoms with Gasteiger partial charge in [0.15, 0.2) is 0 Å². The van der Waals surface area contributed by atoms with Gasteiger partial charge in [-0.2, -0.15) is 0 Å². The van der Waals surface area contributed by atoms with Crippen molar-refractivity contribution >= 4 is 34.2 Å². The summed E-state index contributed by atoms with van der Waals surface area (Å²) in [6, 6.07) is 10.3. The van der Waals surface area contributed by atoms with Crippen molar-refractivity contribution in [3.63, 3.8) is 0 Å². The maximum absolute atomic E-state index is 12.6. The molecule has 0 bridgehead atoms. The van der Waals surface area contributed by atoms with Crippen LogP contribution in [0.4, 0.5) is 5.00 Å². The van der Waals surface area contributed by atoms with Crippen LogP contribution in [-0.2, 0) is 38.4 Å². The molecule has 0 radical (unpaired) electrons. The molecule has 1 aliphatic heterocycles. The molecule has 0 atom stereocenters. The Hall–Kier alpha value is -2.71. The van der Waals surface area contributed by atoms with Crippen LogP contribution in [-0.4, -0.2) is 49.0 Å². The molecule has 2 aromatic rings. The molecule has 0 aliphatic carbocycles. The van der Waals surface area contributed by atoms with Crippen molar-refractivity contribution in [1.82, 2.24) is 4.90 Å². The smallest absolute Gasteiger partial charge is 0.397 e. The van der Waals surface area contributed by atoms with Crippen LogP contribution in [0.15, 0.2) is 30.3 Å². The Morgan fingerprint density at radius 1 is 1.10 bits per heavy atom. The van der Waals surface area contributed by atoms with Crippen LogP contribution in [0, 0.1) is 0 Å². The summed E-state index contributed by atoms with van der Waals surface area (Å²) in [5.74, 6) is -2.34. The number of carbonyl (C=O) groups is 3. The molecule has 30 heavy (non-hydrogen) atoms. The van der Waals surface area contributed by atoms with E-state index in [2.05, 4.69) is 22.3 Å². The number of nitrogens with one attached hydrogen (secondary N) is 1. The standard InChI is InChI=1S/C22H26N2O5S/c1-3-28-21(26)18-16-11-13-24(12-10-15-8-6-5-7-9-15)14-17(16)30-20(18)23-19(25)22(27)29-4-2/h5-9H,3-4,10-14H2,1-2H3,(H,23,25). The van der Waals surface area contributed by atoms with Gasteiger partial charge in [-0.3, -0.25) is 9.69 Å². The van der Waals surface area contributed by atoms with Gasteiger partial charge in [-0.1, -0.05) is 30.3 Å². The summed E-state index contributed by atoms with van der Waals surface area (Å²) in [7, 11) is 0. The van der Waals surface area contributed by atoms with Crippen LogP contribution >= 0.6 is 11.3 Å². The van der Waals surface area contributed by atoms with E-state index in [4.69, 9.17) is 9.47 Å². The lowest BCUT2D eigenvalue weighted by atomic mass is 10.0. The van der Waals surface area contributed by atoms with Gasteiger partial charge in [0.1, 0.15) is 5.00 Å². The molecule has 0 saturated carbocycles. The monoisotopic (exact) mass is 430 g/mol. The second kappa shape index (κ2) is 10.4. The van der Waals surface area contributed by atoms with Gasteiger partial charge in [0, 0.05) is 24.5 Å². The van der Waals surface area contributed by atoms with Crippen LogP contribution in [0.2, 0.25) is 0 Å². The highest BCUT2D eigenvalue weighted by Crippen LogP contribution is 2.37. The van der Waals surface area contributed by atoms with Gasteiger partial charge in [-0.15, -0.1) is 11.3 Å². The van der Waals surface area contributed by atoms with Crippen molar-refractivity contribution in [2.45, 2.75) is 33.2 Å². The SMILES string of the molecule is CCOC(=O)C(=O)Nc1sc2c(c1C(=O)OCC)CCN(CCc1ccccc1)C2. The molecule has 1 aliphatic rings. The Morgan fingerprint density at radius 2 is 1.83 bits per heavy atom. The van der Waals surface area contributed by atoms with Crippen molar-refractivity contribution < 1.29 is 23.9 Å². The molecule has 8 heteroatoms. The van der Waals surface area contributed by atoms with Gasteiger partial charge in [0.2, 0.25) is 0 Å². The summed E-state index contributed by atoms with van der Waals surface area (Å²) in [6.07, 6.45) is 1.63. The van der Waals surface area contributed by atoms with Crippen LogP contribution in [0.25, 0.3) is 0 Å². The number of fused-ring (bicyclic) bond motifs is 1. The van der Waals surface area contributed by atoms with Crippen LogP contribution < -0.4 is 5.32 Å². The van der Waals surface area contributed by atoms with E-state index in [1.165, 1.54) is 16.9 Å². The number of carbonyl (C=O) groups excluding carboxylic acids is 3. The fourth-order valence-corrected chi connectivity index (χ4v) is 4.71. The lowest BCUT2D eigenvalue weighted by Gasteiger charge is -2.27. The van der Waals surface area contributed by atoms with Gasteiger partial charge in [0.25, 0.3) is 0 Å². The highest BCUT2D eigenvalue weighted by Gasteiger charge is 2.30. The van der Waals surface area contributed by atoms with E-state index in [0.29, 0.717) is 23.5 Å². The van der Waals surface area contributed by atoms with Crippen LogP contribution in [0.3, 0.4) is 0 Å². The zero-order chi connectivity index (χ0) is 21.5. The van der Waals surface area contributed by atoms with Gasteiger partial charge in [-0.25, -0.2) is 9.59 Å². The molecular weight excluding hydrogens is 404 g/mol. The second-order valence-electron chi connectivity index (χ2n) is 6.86. The maximum atomic E-state index is 12.6. The Morgan fingerprint density at radius 3 is 2.53 bits per heavy atom. The van der Waals surface area contributed by atoms with E-state index in [1.807, 2.05) is 18.2 Å². The zero-order valence-corrected chi connectivity index (χ0v) is 18.0. The number of nitrogens with zero attached hydrogens (tertiary/aromatic N) is 1. The molecule has 1 aromatic carbocycles. The predicted molar refractivity (Wildman–Crippen MR) is 115 cm³/mol. The first-order valence-electron chi connectivity index (χ1n) is 10.1. The third-order valence-corrected chi connectivity index (χ3v) is 6.00. The summed E-state index contributed by atoms with van der Waals surface area (Å²) in [5.41, 5.74) is 2.54. The van der Waals surface area contributed by atoms with Crippen molar-refractivity contribution in [2.24, 2.45) is 0 Å². The van der Waals surface area contributed by atoms with Crippen LogP contribution in [0.1, 0.15) is 40.2 Å². The Bertz CT molecular complexity index is 910. The average molecular weight is 431 g/mol. The third-order valence-electron chi connectivity index (χ3n) is 4.86. The Balaban J connectivity index is 1.77. The minimum Gasteiger partial charge on any atom is -0.462 e. The zero-order valence-electron chi connectivity index (χ0n) is 17.2. The van der Waals surface area contributed by atoms with E-state index in [0.717, 1.165) is 30.0 Å². The summed E-state index contributed by atoms with van der Waals surface area (Å²) in [6.45, 7) is 6.11. The number of amides is 1. The van der Waals surface area contributed by atoms with E-state index in [9.17, 15) is 14.4 Å². The number of benzene rings is 1. The number of ether oxygens (including phenoxy) is 2. The Labute approximate surface area is 180 Å². The van der Waals surface area contributed by atoms with E-state index in [-0.39, 0.29) is 13.2 Å². The molecule has 1 amide bonds. The summed E-state index contributed by atoms with van der Waals surface area (Å²) < 4.78 is 9.95. The number of hydrogen-bond donors (Lipinski definition) is 1. The molecule has 3 rings (SSSR count). The molecule has 0 fully saturated rings. The first-order chi connectivity index (χ1) is 14.5. The molecule has 2 heterocycles. The van der Waals surface area contributed by atoms with Crippen molar-refractivity contribution in [3.05, 3.63) is 51.9 Å². The van der Waals surface area contributed by atoms with E-state index < -0.39 is 17.8 Å². The fourth-order valence-electron chi connectivity index (χ4n) is 3.44. The van der Waals surface area contributed by atoms with Crippen molar-refractivity contribution in [2.75, 3.05) is 31.6 Å². The highest BCUT2D eigenvalue weighted by molar-refractivity contribution is 7.17. The molecule has 0 saturated heterocycles. The first-order valence-corrected chi connectivity index (χ1v) is 10.9. The number of rotatable bonds is 7. The summed E-state index contributed by atoms with van der Waals surface area (Å²) in [5, 5.41) is 2.90. The van der Waals surface area contributed by atoms with E-state index in [1.54, 1.807) is 13.8 Å². The molecule has 160 valence electrons. The molecule has 0 unspecified atom stereocenters. The largest absolute Gasteiger partial charge is 0.462 e. The number of esters is 2. The highest BCUT2D eigenvalue weighted by atomic mass is 32.1. The van der Waals surface area contributed by atoms with Gasteiger partial charge < -0.3 is 14.8 Å². The summed E-state index contributed by atoms with van der Waals surface area (Å²) in [4.78, 5) is 39.8. The minimum absolute atomic E-state index is 0.105. The molecular formula is C22H26N2O5S. The number of anilines is 1.